The maximum atomic E-state index is 13.9. The van der Waals surface area contributed by atoms with Gasteiger partial charge in [0.15, 0.2) is 11.4 Å². The molecule has 13 heteroatoms. The molecule has 7 atom stereocenters. The largest absolute Gasteiger partial charge is 0.480 e. The minimum absolute atomic E-state index is 0.00519. The van der Waals surface area contributed by atoms with Crippen LogP contribution in [0.3, 0.4) is 0 Å². The van der Waals surface area contributed by atoms with Crippen LogP contribution in [0.2, 0.25) is 0 Å². The number of methoxy groups -OCH3 is 1. The molecule has 2 bridgehead atoms. The average Bonchev–Trinajstić information content (AvgIpc) is 3.56. The first-order chi connectivity index (χ1) is 19.6. The van der Waals surface area contributed by atoms with Gasteiger partial charge in [-0.2, -0.15) is 0 Å². The van der Waals surface area contributed by atoms with E-state index in [1.165, 1.54) is 13.0 Å². The van der Waals surface area contributed by atoms with Crippen LogP contribution in [0.4, 0.5) is 0 Å². The van der Waals surface area contributed by atoms with Crippen molar-refractivity contribution in [3.8, 4) is 0 Å². The Bertz CT molecular complexity index is 1230. The number of ether oxygens (including phenoxy) is 4. The van der Waals surface area contributed by atoms with Gasteiger partial charge in [-0.25, -0.2) is 9.59 Å². The number of ketones is 1. The summed E-state index contributed by atoms with van der Waals surface area (Å²) in [6, 6.07) is -0.839. The molecule has 4 rings (SSSR count). The lowest BCUT2D eigenvalue weighted by Crippen LogP contribution is -2.59. The third-order valence-electron chi connectivity index (χ3n) is 9.34. The number of aliphatic hydroxyl groups is 2. The molecule has 0 aromatic carbocycles. The number of aliphatic carboxylic acids is 1. The van der Waals surface area contributed by atoms with E-state index in [1.54, 1.807) is 18.7 Å². The van der Waals surface area contributed by atoms with Gasteiger partial charge in [0.1, 0.15) is 23.3 Å². The molecule has 42 heavy (non-hydrogen) atoms. The highest BCUT2D eigenvalue weighted by molar-refractivity contribution is 6.05. The van der Waals surface area contributed by atoms with Crippen molar-refractivity contribution in [1.29, 1.82) is 0 Å². The maximum absolute atomic E-state index is 13.9. The molecule has 2 unspecified atom stereocenters. The van der Waals surface area contributed by atoms with E-state index in [-0.39, 0.29) is 31.4 Å². The monoisotopic (exact) mass is 593 g/mol. The van der Waals surface area contributed by atoms with E-state index >= 15 is 0 Å². The first-order valence-corrected chi connectivity index (χ1v) is 14.0. The average molecular weight is 594 g/mol. The van der Waals surface area contributed by atoms with Crippen LogP contribution < -0.4 is 0 Å². The number of aliphatic hydroxyl groups excluding tert-OH is 1. The predicted octanol–water partition coefficient (Wildman–Crippen LogP) is 0.449. The molecular formula is C29H39NO12. The quantitative estimate of drug-likeness (QED) is 0.200. The van der Waals surface area contributed by atoms with E-state index in [0.29, 0.717) is 19.4 Å². The lowest BCUT2D eigenvalue weighted by Gasteiger charge is -2.42. The minimum atomic E-state index is -2.26. The first-order valence-electron chi connectivity index (χ1n) is 14.0. The molecule has 0 aliphatic carbocycles. The fourth-order valence-electron chi connectivity index (χ4n) is 6.92. The number of carboxylic acid groups (broad SMARTS) is 1. The molecule has 0 saturated carbocycles. The summed E-state index contributed by atoms with van der Waals surface area (Å²) < 4.78 is 22.9. The summed E-state index contributed by atoms with van der Waals surface area (Å²) in [7, 11) is 1.09. The number of hydrogen-bond donors (Lipinski definition) is 3. The zero-order chi connectivity index (χ0) is 31.3. The molecule has 4 aliphatic rings. The second kappa shape index (κ2) is 11.2. The molecule has 0 spiro atoms. The van der Waals surface area contributed by atoms with Gasteiger partial charge in [0, 0.05) is 19.4 Å². The topological polar surface area (TPSA) is 186 Å². The van der Waals surface area contributed by atoms with Gasteiger partial charge in [-0.15, -0.1) is 0 Å². The lowest BCUT2D eigenvalue weighted by atomic mass is 9.69. The second-order valence-corrected chi connectivity index (χ2v) is 12.0. The molecule has 4 saturated heterocycles. The Labute approximate surface area is 243 Å². The van der Waals surface area contributed by atoms with Crippen LogP contribution >= 0.6 is 0 Å². The predicted molar refractivity (Wildman–Crippen MR) is 143 cm³/mol. The highest BCUT2D eigenvalue weighted by Crippen LogP contribution is 2.55. The first kappa shape index (κ1) is 31.8. The van der Waals surface area contributed by atoms with Gasteiger partial charge in [0.2, 0.25) is 0 Å². The zero-order valence-corrected chi connectivity index (χ0v) is 24.3. The molecule has 0 aromatic heterocycles. The summed E-state index contributed by atoms with van der Waals surface area (Å²) in [4.78, 5) is 66.5. The van der Waals surface area contributed by atoms with Crippen molar-refractivity contribution in [1.82, 2.24) is 4.90 Å². The summed E-state index contributed by atoms with van der Waals surface area (Å²) in [5.74, 6) is -5.67. The minimum Gasteiger partial charge on any atom is -0.480 e. The van der Waals surface area contributed by atoms with Gasteiger partial charge in [-0.3, -0.25) is 19.3 Å². The molecule has 0 radical (unpaired) electrons. The number of likely N-dealkylation sites (tertiary alicyclic amines) is 1. The molecule has 4 fully saturated rings. The number of hydrogen-bond acceptors (Lipinski definition) is 12. The van der Waals surface area contributed by atoms with E-state index in [4.69, 9.17) is 18.9 Å². The Kier molecular flexibility index (Phi) is 8.46. The summed E-state index contributed by atoms with van der Waals surface area (Å²) in [5.41, 5.74) is -7.54. The standard InChI is InChI=1S/C29H39NO12/c1-6-18-25(37)41-27(4)13-21(40-24(36)17(15-31)14-30-11-7-8-19(30)22(33)34)29(16(2)23(35)39-5)20(32)12-26(3,42-29)9-10-28(18,27)38/h6,17,19,21,31,38H,2,7-15H2,1,3-5H3,(H,33,34)/b18-6-/t17?,19?,21-,26-,27+,28+,29+/m0/s1. The van der Waals surface area contributed by atoms with E-state index in [9.17, 15) is 39.3 Å². The Hall–Kier alpha value is -3.13. The van der Waals surface area contributed by atoms with Crippen LogP contribution in [0.15, 0.2) is 23.8 Å². The van der Waals surface area contributed by atoms with E-state index < -0.39 is 88.7 Å². The van der Waals surface area contributed by atoms with Gasteiger partial charge >= 0.3 is 23.9 Å². The highest BCUT2D eigenvalue weighted by Gasteiger charge is 2.69. The molecule has 3 N–H and O–H groups in total. The Morgan fingerprint density at radius 3 is 2.52 bits per heavy atom. The Balaban J connectivity index is 1.80. The summed E-state index contributed by atoms with van der Waals surface area (Å²) >= 11 is 0. The summed E-state index contributed by atoms with van der Waals surface area (Å²) in [6.07, 6.45) is 0.0729. The maximum Gasteiger partial charge on any atom is 0.337 e. The van der Waals surface area contributed by atoms with Crippen LogP contribution in [0, 0.1) is 5.92 Å². The van der Waals surface area contributed by atoms with E-state index in [0.717, 1.165) is 7.11 Å². The smallest absolute Gasteiger partial charge is 0.337 e. The molecule has 4 aliphatic heterocycles. The number of nitrogens with zero attached hydrogens (tertiary/aromatic N) is 1. The fraction of sp³-hybridized carbons (Fsp3) is 0.690. The third-order valence-corrected chi connectivity index (χ3v) is 9.34. The van der Waals surface area contributed by atoms with Gasteiger partial charge in [0.25, 0.3) is 0 Å². The van der Waals surface area contributed by atoms with Crippen LogP contribution in [0.25, 0.3) is 0 Å². The Morgan fingerprint density at radius 2 is 1.93 bits per heavy atom. The van der Waals surface area contributed by atoms with Crippen LogP contribution in [0.5, 0.6) is 0 Å². The number of rotatable bonds is 8. The van der Waals surface area contributed by atoms with Crippen molar-refractivity contribution >= 4 is 29.7 Å². The van der Waals surface area contributed by atoms with Crippen LogP contribution in [-0.2, 0) is 42.9 Å². The van der Waals surface area contributed by atoms with Crippen molar-refractivity contribution in [2.24, 2.45) is 5.92 Å². The number of Topliss-reactive ketones (excluding diaryl/α,β-unsaturated/α-hetero) is 1. The molecule has 0 aromatic rings. The molecular weight excluding hydrogens is 554 g/mol. The number of allylic oxidation sites excluding steroid dienone is 1. The van der Waals surface area contributed by atoms with Crippen molar-refractivity contribution in [3.63, 3.8) is 0 Å². The molecule has 0 amide bonds. The highest BCUT2D eigenvalue weighted by atomic mass is 16.6. The summed E-state index contributed by atoms with van der Waals surface area (Å²) in [6.45, 7) is 7.98. The van der Waals surface area contributed by atoms with Gasteiger partial charge < -0.3 is 34.3 Å². The van der Waals surface area contributed by atoms with Crippen molar-refractivity contribution in [2.75, 3.05) is 26.8 Å². The normalized spacial score (nSPS) is 38.2. The third kappa shape index (κ3) is 4.95. The van der Waals surface area contributed by atoms with Crippen LogP contribution in [-0.4, -0.2) is 111 Å². The van der Waals surface area contributed by atoms with Gasteiger partial charge in [-0.1, -0.05) is 12.7 Å². The molecule has 4 heterocycles. The number of carboxylic acids is 1. The number of esters is 3. The Morgan fingerprint density at radius 1 is 1.24 bits per heavy atom. The van der Waals surface area contributed by atoms with Gasteiger partial charge in [-0.05, 0) is 53.0 Å². The van der Waals surface area contributed by atoms with E-state index in [2.05, 4.69) is 6.58 Å². The fourth-order valence-corrected chi connectivity index (χ4v) is 6.92. The summed E-state index contributed by atoms with van der Waals surface area (Å²) in [5, 5.41) is 31.7. The van der Waals surface area contributed by atoms with Gasteiger partial charge in [0.05, 0.1) is 36.4 Å². The molecule has 232 valence electrons. The lowest BCUT2D eigenvalue weighted by molar-refractivity contribution is -0.194. The van der Waals surface area contributed by atoms with Crippen LogP contribution in [0.1, 0.15) is 59.3 Å². The molecule has 13 nitrogen and oxygen atoms in total. The van der Waals surface area contributed by atoms with Crippen molar-refractivity contribution in [3.05, 3.63) is 23.8 Å². The SMILES string of the molecule is C=C(C(=O)OC)[C@]12O[C@@](C)(CC[C@@]3(O)/C(=C\C)C(=O)O[C@]3(C)C[C@@H]1OC(=O)C(CO)CN1CCCC1C(=O)O)CC2=O. The number of fused-ring (bicyclic) bond motifs is 3. The van der Waals surface area contributed by atoms with Crippen molar-refractivity contribution in [2.45, 2.75) is 93.8 Å². The number of carbonyl (C=O) groups is 5. The second-order valence-electron chi connectivity index (χ2n) is 12.0. The van der Waals surface area contributed by atoms with Crippen molar-refractivity contribution < 1.29 is 58.2 Å². The zero-order valence-electron chi connectivity index (χ0n) is 24.3. The van der Waals surface area contributed by atoms with E-state index in [1.807, 2.05) is 0 Å². The number of carbonyl (C=O) groups excluding carboxylic acids is 4.